The maximum absolute atomic E-state index is 5.65. The Balaban J connectivity index is 3.95. The maximum Gasteiger partial charge on any atom is 0.190 e. The predicted molar refractivity (Wildman–Crippen MR) is 49.6 cm³/mol. The lowest BCUT2D eigenvalue weighted by Crippen LogP contribution is -2.39. The molecule has 0 aliphatic carbocycles. The van der Waals surface area contributed by atoms with E-state index in [1.807, 2.05) is 0 Å². The summed E-state index contributed by atoms with van der Waals surface area (Å²) in [6.07, 6.45) is 0. The van der Waals surface area contributed by atoms with Crippen molar-refractivity contribution in [2.45, 2.75) is 20.8 Å². The molecule has 3 heteroatoms. The fourth-order valence-electron chi connectivity index (χ4n) is 0.967. The molecule has 0 radical (unpaired) electrons. The highest BCUT2D eigenvalue weighted by Gasteiger charge is 2.05. The third kappa shape index (κ3) is 3.86. The van der Waals surface area contributed by atoms with Crippen molar-refractivity contribution in [2.24, 2.45) is 16.6 Å². The number of aliphatic imine (C=N–C) groups is 1. The van der Waals surface area contributed by atoms with Crippen LogP contribution in [0.4, 0.5) is 0 Å². The molecule has 3 nitrogen and oxygen atoms in total. The zero-order valence-corrected chi connectivity index (χ0v) is 7.96. The van der Waals surface area contributed by atoms with Crippen molar-refractivity contribution < 1.29 is 0 Å². The highest BCUT2D eigenvalue weighted by Crippen LogP contribution is 1.97. The number of nitrogens with two attached hydrogens (primary N) is 1. The van der Waals surface area contributed by atoms with Gasteiger partial charge in [0.25, 0.3) is 0 Å². The van der Waals surface area contributed by atoms with E-state index in [2.05, 4.69) is 30.7 Å². The summed E-state index contributed by atoms with van der Waals surface area (Å²) in [6.45, 7) is 8.35. The molecule has 0 aromatic carbocycles. The van der Waals surface area contributed by atoms with Crippen LogP contribution in [0, 0.1) is 5.92 Å². The first kappa shape index (κ1) is 10.3. The van der Waals surface area contributed by atoms with Gasteiger partial charge in [-0.3, -0.25) is 4.99 Å². The summed E-state index contributed by atoms with van der Waals surface area (Å²) < 4.78 is 0. The Morgan fingerprint density at radius 2 is 2.09 bits per heavy atom. The lowest BCUT2D eigenvalue weighted by molar-refractivity contribution is 0.377. The average Bonchev–Trinajstić information content (AvgIpc) is 1.98. The Bertz CT molecular complexity index is 129. The molecule has 0 heterocycles. The topological polar surface area (TPSA) is 41.6 Å². The van der Waals surface area contributed by atoms with E-state index in [1.165, 1.54) is 0 Å². The zero-order chi connectivity index (χ0) is 8.85. The summed E-state index contributed by atoms with van der Waals surface area (Å²) in [7, 11) is 1.72. The SMILES string of the molecule is CCN(CC(C)C)C(N)=NC. The monoisotopic (exact) mass is 157 g/mol. The Kier molecular flexibility index (Phi) is 4.66. The fraction of sp³-hybridized carbons (Fsp3) is 0.875. The quantitative estimate of drug-likeness (QED) is 0.488. The number of nitrogens with zero attached hydrogens (tertiary/aromatic N) is 2. The van der Waals surface area contributed by atoms with Gasteiger partial charge in [-0.05, 0) is 12.8 Å². The van der Waals surface area contributed by atoms with Gasteiger partial charge in [-0.25, -0.2) is 0 Å². The van der Waals surface area contributed by atoms with Crippen molar-refractivity contribution in [3.8, 4) is 0 Å². The molecular formula is C8H19N3. The molecule has 0 unspecified atom stereocenters. The number of hydrogen-bond donors (Lipinski definition) is 1. The van der Waals surface area contributed by atoms with Crippen LogP contribution >= 0.6 is 0 Å². The minimum Gasteiger partial charge on any atom is -0.370 e. The predicted octanol–water partition coefficient (Wildman–Crippen LogP) is 0.909. The van der Waals surface area contributed by atoms with E-state index in [4.69, 9.17) is 5.73 Å². The van der Waals surface area contributed by atoms with Gasteiger partial charge in [0.15, 0.2) is 5.96 Å². The average molecular weight is 157 g/mol. The Hall–Kier alpha value is -0.730. The molecule has 0 aromatic heterocycles. The van der Waals surface area contributed by atoms with Crippen molar-refractivity contribution in [1.82, 2.24) is 4.90 Å². The van der Waals surface area contributed by atoms with Crippen molar-refractivity contribution >= 4 is 5.96 Å². The number of rotatable bonds is 3. The van der Waals surface area contributed by atoms with Crippen LogP contribution in [0.2, 0.25) is 0 Å². The second kappa shape index (κ2) is 4.99. The smallest absolute Gasteiger partial charge is 0.190 e. The highest BCUT2D eigenvalue weighted by atomic mass is 15.2. The van der Waals surface area contributed by atoms with Crippen LogP contribution in [-0.2, 0) is 0 Å². The molecule has 0 aliphatic heterocycles. The van der Waals surface area contributed by atoms with Crippen molar-refractivity contribution in [3.63, 3.8) is 0 Å². The van der Waals surface area contributed by atoms with Crippen LogP contribution in [0.1, 0.15) is 20.8 Å². The third-order valence-electron chi connectivity index (χ3n) is 1.52. The second-order valence-electron chi connectivity index (χ2n) is 3.01. The fourth-order valence-corrected chi connectivity index (χ4v) is 0.967. The normalized spacial score (nSPS) is 12.3. The first-order chi connectivity index (χ1) is 5.11. The zero-order valence-electron chi connectivity index (χ0n) is 7.96. The minimum atomic E-state index is 0.634. The largest absolute Gasteiger partial charge is 0.370 e. The summed E-state index contributed by atoms with van der Waals surface area (Å²) >= 11 is 0. The van der Waals surface area contributed by atoms with Gasteiger partial charge in [0.05, 0.1) is 0 Å². The Morgan fingerprint density at radius 3 is 2.36 bits per heavy atom. The molecule has 0 aromatic rings. The van der Waals surface area contributed by atoms with Gasteiger partial charge in [-0.2, -0.15) is 0 Å². The van der Waals surface area contributed by atoms with E-state index in [0.717, 1.165) is 13.1 Å². The van der Waals surface area contributed by atoms with Crippen LogP contribution in [0.25, 0.3) is 0 Å². The molecule has 0 aliphatic rings. The summed E-state index contributed by atoms with van der Waals surface area (Å²) in [4.78, 5) is 6.01. The molecule has 0 rings (SSSR count). The van der Waals surface area contributed by atoms with Crippen molar-refractivity contribution in [1.29, 1.82) is 0 Å². The van der Waals surface area contributed by atoms with Crippen LogP contribution in [0.5, 0.6) is 0 Å². The molecule has 0 spiro atoms. The molecule has 0 saturated carbocycles. The van der Waals surface area contributed by atoms with Crippen LogP contribution < -0.4 is 5.73 Å². The second-order valence-corrected chi connectivity index (χ2v) is 3.01. The van der Waals surface area contributed by atoms with E-state index in [1.54, 1.807) is 7.05 Å². The van der Waals surface area contributed by atoms with Gasteiger partial charge in [0.1, 0.15) is 0 Å². The van der Waals surface area contributed by atoms with Gasteiger partial charge < -0.3 is 10.6 Å². The summed E-state index contributed by atoms with van der Waals surface area (Å²) in [5.41, 5.74) is 5.65. The van der Waals surface area contributed by atoms with Crippen molar-refractivity contribution in [2.75, 3.05) is 20.1 Å². The van der Waals surface area contributed by atoms with E-state index < -0.39 is 0 Å². The molecule has 0 amide bonds. The van der Waals surface area contributed by atoms with E-state index in [9.17, 15) is 0 Å². The molecule has 11 heavy (non-hydrogen) atoms. The maximum atomic E-state index is 5.65. The molecule has 66 valence electrons. The minimum absolute atomic E-state index is 0.634. The molecule has 0 fully saturated rings. The third-order valence-corrected chi connectivity index (χ3v) is 1.52. The van der Waals surface area contributed by atoms with E-state index >= 15 is 0 Å². The summed E-state index contributed by atoms with van der Waals surface area (Å²) in [6, 6.07) is 0. The lowest BCUT2D eigenvalue weighted by Gasteiger charge is -2.23. The first-order valence-electron chi connectivity index (χ1n) is 4.09. The van der Waals surface area contributed by atoms with Crippen LogP contribution in [0.3, 0.4) is 0 Å². The van der Waals surface area contributed by atoms with Crippen LogP contribution in [-0.4, -0.2) is 31.0 Å². The number of hydrogen-bond acceptors (Lipinski definition) is 1. The van der Waals surface area contributed by atoms with E-state index in [0.29, 0.717) is 11.9 Å². The highest BCUT2D eigenvalue weighted by molar-refractivity contribution is 5.77. The van der Waals surface area contributed by atoms with Gasteiger partial charge >= 0.3 is 0 Å². The molecule has 0 saturated heterocycles. The first-order valence-corrected chi connectivity index (χ1v) is 4.09. The van der Waals surface area contributed by atoms with Gasteiger partial charge in [-0.15, -0.1) is 0 Å². The van der Waals surface area contributed by atoms with Crippen LogP contribution in [0.15, 0.2) is 4.99 Å². The Morgan fingerprint density at radius 1 is 1.55 bits per heavy atom. The molecule has 0 atom stereocenters. The lowest BCUT2D eigenvalue weighted by atomic mass is 10.2. The molecule has 0 bridgehead atoms. The summed E-state index contributed by atoms with van der Waals surface area (Å²) in [5.74, 6) is 1.27. The van der Waals surface area contributed by atoms with Gasteiger partial charge in [-0.1, -0.05) is 13.8 Å². The summed E-state index contributed by atoms with van der Waals surface area (Å²) in [5, 5.41) is 0. The van der Waals surface area contributed by atoms with Gasteiger partial charge in [0, 0.05) is 20.1 Å². The van der Waals surface area contributed by atoms with Gasteiger partial charge in [0.2, 0.25) is 0 Å². The Labute approximate surface area is 69.3 Å². The number of guanidine groups is 1. The standard InChI is InChI=1S/C8H19N3/c1-5-11(6-7(2)3)8(9)10-4/h7H,5-6H2,1-4H3,(H2,9,10). The van der Waals surface area contributed by atoms with Crippen molar-refractivity contribution in [3.05, 3.63) is 0 Å². The molecule has 2 N–H and O–H groups in total. The van der Waals surface area contributed by atoms with E-state index in [-0.39, 0.29) is 0 Å². The molecular weight excluding hydrogens is 138 g/mol.